The van der Waals surface area contributed by atoms with Crippen molar-refractivity contribution in [3.8, 4) is 0 Å². The van der Waals surface area contributed by atoms with Gasteiger partial charge in [-0.2, -0.15) is 0 Å². The molecule has 0 saturated carbocycles. The van der Waals surface area contributed by atoms with Gasteiger partial charge in [0.05, 0.1) is 18.8 Å². The van der Waals surface area contributed by atoms with Gasteiger partial charge in [0.15, 0.2) is 0 Å². The molecule has 0 radical (unpaired) electrons. The van der Waals surface area contributed by atoms with E-state index < -0.39 is 0 Å². The molecule has 0 aliphatic carbocycles. The van der Waals surface area contributed by atoms with Gasteiger partial charge in [-0.3, -0.25) is 4.68 Å². The first-order valence-electron chi connectivity index (χ1n) is 8.03. The van der Waals surface area contributed by atoms with Gasteiger partial charge in [-0.25, -0.2) is 0 Å². The Morgan fingerprint density at radius 1 is 1.04 bits per heavy atom. The van der Waals surface area contributed by atoms with E-state index in [-0.39, 0.29) is 18.8 Å². The molecule has 3 rings (SSSR count). The summed E-state index contributed by atoms with van der Waals surface area (Å²) in [5, 5.41) is 8.04. The van der Waals surface area contributed by atoms with E-state index in [2.05, 4.69) is 50.5 Å². The molecule has 2 aromatic carbocycles. The van der Waals surface area contributed by atoms with Crippen molar-refractivity contribution in [2.75, 3.05) is 13.9 Å². The van der Waals surface area contributed by atoms with Gasteiger partial charge < -0.3 is 9.47 Å². The lowest BCUT2D eigenvalue weighted by molar-refractivity contribution is -0.0844. The largest absolute Gasteiger partial charge is 0.359 e. The minimum absolute atomic E-state index is 0.0624. The number of ether oxygens (including phenoxy) is 2. The van der Waals surface area contributed by atoms with Gasteiger partial charge >= 0.3 is 0 Å². The number of rotatable bonds is 8. The maximum atomic E-state index is 6.08. The van der Waals surface area contributed by atoms with Crippen molar-refractivity contribution >= 4 is 15.9 Å². The molecule has 0 amide bonds. The number of hydrogen-bond acceptors (Lipinski definition) is 4. The average Bonchev–Trinajstić information content (AvgIpc) is 3.16. The van der Waals surface area contributed by atoms with Crippen molar-refractivity contribution in [2.45, 2.75) is 18.6 Å². The minimum atomic E-state index is -0.161. The molecule has 1 aromatic heterocycles. The van der Waals surface area contributed by atoms with E-state index >= 15 is 0 Å². The molecular weight excluding hydrogens is 382 g/mol. The average molecular weight is 402 g/mol. The Morgan fingerprint density at radius 2 is 1.80 bits per heavy atom. The molecule has 0 unspecified atom stereocenters. The van der Waals surface area contributed by atoms with Crippen molar-refractivity contribution in [3.63, 3.8) is 0 Å². The Morgan fingerprint density at radius 3 is 2.44 bits per heavy atom. The SMILES string of the molecule is COCO[C@@H](c1ccccc1)[C@@H](Cn1ccnn1)c1ccc(Br)cc1. The number of methoxy groups -OCH3 is 1. The highest BCUT2D eigenvalue weighted by atomic mass is 79.9. The summed E-state index contributed by atoms with van der Waals surface area (Å²) in [6.45, 7) is 0.884. The highest BCUT2D eigenvalue weighted by Crippen LogP contribution is 2.36. The normalized spacial score (nSPS) is 13.5. The summed E-state index contributed by atoms with van der Waals surface area (Å²) in [5.41, 5.74) is 2.27. The smallest absolute Gasteiger partial charge is 0.147 e. The molecule has 2 atom stereocenters. The topological polar surface area (TPSA) is 49.2 Å². The van der Waals surface area contributed by atoms with E-state index in [1.54, 1.807) is 13.3 Å². The zero-order valence-corrected chi connectivity index (χ0v) is 15.5. The molecule has 6 heteroatoms. The lowest BCUT2D eigenvalue weighted by Gasteiger charge is -2.28. The Balaban J connectivity index is 1.97. The Hall–Kier alpha value is -2.02. The maximum absolute atomic E-state index is 6.08. The summed E-state index contributed by atoms with van der Waals surface area (Å²) in [6, 6.07) is 18.5. The van der Waals surface area contributed by atoms with Crippen LogP contribution in [0.1, 0.15) is 23.1 Å². The second-order valence-corrected chi connectivity index (χ2v) is 6.60. The monoisotopic (exact) mass is 401 g/mol. The molecule has 0 N–H and O–H groups in total. The van der Waals surface area contributed by atoms with Gasteiger partial charge in [-0.15, -0.1) is 5.10 Å². The third-order valence-electron chi connectivity index (χ3n) is 4.01. The van der Waals surface area contributed by atoms with Crippen molar-refractivity contribution in [2.24, 2.45) is 0 Å². The minimum Gasteiger partial charge on any atom is -0.359 e. The molecule has 0 fully saturated rings. The summed E-state index contributed by atoms with van der Waals surface area (Å²) < 4.78 is 14.1. The molecule has 0 spiro atoms. The van der Waals surface area contributed by atoms with Crippen LogP contribution in [0, 0.1) is 0 Å². The van der Waals surface area contributed by atoms with E-state index in [0.717, 1.165) is 10.0 Å². The summed E-state index contributed by atoms with van der Waals surface area (Å²) in [5.74, 6) is 0.0624. The summed E-state index contributed by atoms with van der Waals surface area (Å²) in [7, 11) is 1.63. The van der Waals surface area contributed by atoms with Crippen LogP contribution in [-0.4, -0.2) is 28.9 Å². The molecule has 0 bridgehead atoms. The highest BCUT2D eigenvalue weighted by Gasteiger charge is 2.26. The van der Waals surface area contributed by atoms with Gasteiger partial charge in [0.25, 0.3) is 0 Å². The number of aromatic nitrogens is 3. The first-order valence-corrected chi connectivity index (χ1v) is 8.82. The lowest BCUT2D eigenvalue weighted by atomic mass is 9.89. The second kappa shape index (κ2) is 8.89. The molecule has 0 aliphatic rings. The Labute approximate surface area is 155 Å². The van der Waals surface area contributed by atoms with Crippen LogP contribution in [-0.2, 0) is 16.0 Å². The third-order valence-corrected chi connectivity index (χ3v) is 4.54. The second-order valence-electron chi connectivity index (χ2n) is 5.69. The summed E-state index contributed by atoms with van der Waals surface area (Å²) in [4.78, 5) is 0. The standard InChI is InChI=1S/C19H20BrN3O2/c1-24-14-25-19(16-5-3-2-4-6-16)18(13-23-12-11-21-22-23)15-7-9-17(20)10-8-15/h2-12,18-19H,13-14H2,1H3/t18-,19-/m0/s1. The number of nitrogens with zero attached hydrogens (tertiary/aromatic N) is 3. The van der Waals surface area contributed by atoms with Crippen LogP contribution in [0.25, 0.3) is 0 Å². The van der Waals surface area contributed by atoms with Crippen molar-refractivity contribution < 1.29 is 9.47 Å². The summed E-state index contributed by atoms with van der Waals surface area (Å²) >= 11 is 3.50. The summed E-state index contributed by atoms with van der Waals surface area (Å²) in [6.07, 6.45) is 3.39. The van der Waals surface area contributed by atoms with Crippen LogP contribution >= 0.6 is 15.9 Å². The van der Waals surface area contributed by atoms with Crippen LogP contribution < -0.4 is 0 Å². The van der Waals surface area contributed by atoms with Crippen LogP contribution in [0.3, 0.4) is 0 Å². The van der Waals surface area contributed by atoms with Crippen LogP contribution in [0.4, 0.5) is 0 Å². The van der Waals surface area contributed by atoms with Gasteiger partial charge in [-0.1, -0.05) is 63.6 Å². The lowest BCUT2D eigenvalue weighted by Crippen LogP contribution is -2.21. The van der Waals surface area contributed by atoms with E-state index in [9.17, 15) is 0 Å². The van der Waals surface area contributed by atoms with E-state index in [4.69, 9.17) is 9.47 Å². The molecule has 0 saturated heterocycles. The predicted molar refractivity (Wildman–Crippen MR) is 99.0 cm³/mol. The first-order chi connectivity index (χ1) is 12.3. The van der Waals surface area contributed by atoms with Gasteiger partial charge in [-0.05, 0) is 23.3 Å². The number of benzene rings is 2. The van der Waals surface area contributed by atoms with Crippen LogP contribution in [0.5, 0.6) is 0 Å². The van der Waals surface area contributed by atoms with E-state index in [1.165, 1.54) is 5.56 Å². The Bertz CT molecular complexity index is 748. The van der Waals surface area contributed by atoms with Gasteiger partial charge in [0.2, 0.25) is 0 Å². The molecule has 5 nitrogen and oxygen atoms in total. The van der Waals surface area contributed by atoms with Crippen molar-refractivity contribution in [3.05, 3.63) is 82.6 Å². The third kappa shape index (κ3) is 4.75. The van der Waals surface area contributed by atoms with Gasteiger partial charge in [0, 0.05) is 23.7 Å². The molecule has 130 valence electrons. The molecule has 0 aliphatic heterocycles. The fourth-order valence-corrected chi connectivity index (χ4v) is 3.11. The number of halogens is 1. The number of hydrogen-bond donors (Lipinski definition) is 0. The van der Waals surface area contributed by atoms with E-state index in [1.807, 2.05) is 41.2 Å². The van der Waals surface area contributed by atoms with Crippen LogP contribution in [0.2, 0.25) is 0 Å². The van der Waals surface area contributed by atoms with E-state index in [0.29, 0.717) is 6.54 Å². The quantitative estimate of drug-likeness (QED) is 0.531. The zero-order valence-electron chi connectivity index (χ0n) is 14.0. The first kappa shape index (κ1) is 17.8. The van der Waals surface area contributed by atoms with Gasteiger partial charge in [0.1, 0.15) is 6.79 Å². The Kier molecular flexibility index (Phi) is 6.33. The molecular formula is C19H20BrN3O2. The van der Waals surface area contributed by atoms with Crippen LogP contribution in [0.15, 0.2) is 71.5 Å². The highest BCUT2D eigenvalue weighted by molar-refractivity contribution is 9.10. The molecule has 25 heavy (non-hydrogen) atoms. The van der Waals surface area contributed by atoms with Crippen molar-refractivity contribution in [1.29, 1.82) is 0 Å². The van der Waals surface area contributed by atoms with Crippen molar-refractivity contribution in [1.82, 2.24) is 15.0 Å². The predicted octanol–water partition coefficient (Wildman–Crippen LogP) is 4.19. The fraction of sp³-hybridized carbons (Fsp3) is 0.263. The fourth-order valence-electron chi connectivity index (χ4n) is 2.85. The zero-order chi connectivity index (χ0) is 17.5. The molecule has 3 aromatic rings. The maximum Gasteiger partial charge on any atom is 0.147 e. The molecule has 1 heterocycles.